The van der Waals surface area contributed by atoms with Crippen LogP contribution in [0, 0.1) is 38.5 Å². The van der Waals surface area contributed by atoms with Crippen LogP contribution in [0.1, 0.15) is 11.1 Å². The zero-order chi connectivity index (χ0) is 24.0. The van der Waals surface area contributed by atoms with Crippen molar-refractivity contribution in [2.75, 3.05) is 5.32 Å². The number of hydrogen-bond acceptors (Lipinski definition) is 7. The quantitative estimate of drug-likeness (QED) is 0.229. The molecule has 3 aromatic rings. The number of nitro benzene ring substituents is 2. The lowest BCUT2D eigenvalue weighted by atomic mass is 10.1. The van der Waals surface area contributed by atoms with Gasteiger partial charge in [0.15, 0.2) is 0 Å². The van der Waals surface area contributed by atoms with Crippen molar-refractivity contribution in [2.45, 2.75) is 6.92 Å². The number of ether oxygens (including phenoxy) is 1. The van der Waals surface area contributed by atoms with Crippen LogP contribution in [0.15, 0.2) is 72.3 Å². The van der Waals surface area contributed by atoms with Crippen LogP contribution in [0.5, 0.6) is 11.5 Å². The molecule has 164 valence electrons. The second-order valence-corrected chi connectivity index (χ2v) is 6.78. The van der Waals surface area contributed by atoms with E-state index in [9.17, 15) is 30.3 Å². The Kier molecular flexibility index (Phi) is 6.75. The van der Waals surface area contributed by atoms with E-state index in [1.54, 1.807) is 24.3 Å². The summed E-state index contributed by atoms with van der Waals surface area (Å²) >= 11 is 0. The lowest BCUT2D eigenvalue weighted by molar-refractivity contribution is -0.394. The Morgan fingerprint density at radius 1 is 1.03 bits per heavy atom. The van der Waals surface area contributed by atoms with Crippen molar-refractivity contribution in [3.63, 3.8) is 0 Å². The van der Waals surface area contributed by atoms with Crippen molar-refractivity contribution in [3.05, 3.63) is 104 Å². The van der Waals surface area contributed by atoms with Gasteiger partial charge < -0.3 is 10.1 Å². The van der Waals surface area contributed by atoms with Gasteiger partial charge in [0.1, 0.15) is 17.4 Å². The van der Waals surface area contributed by atoms with Gasteiger partial charge in [-0.15, -0.1) is 0 Å². The summed E-state index contributed by atoms with van der Waals surface area (Å²) in [6.45, 7) is 1.83. The molecule has 10 nitrogen and oxygen atoms in total. The number of rotatable bonds is 7. The van der Waals surface area contributed by atoms with Gasteiger partial charge in [-0.2, -0.15) is 5.26 Å². The molecule has 0 aromatic heterocycles. The van der Waals surface area contributed by atoms with Crippen molar-refractivity contribution in [3.8, 4) is 17.6 Å². The van der Waals surface area contributed by atoms with E-state index < -0.39 is 27.1 Å². The molecule has 0 atom stereocenters. The molecule has 33 heavy (non-hydrogen) atoms. The van der Waals surface area contributed by atoms with Gasteiger partial charge in [0.25, 0.3) is 11.6 Å². The second-order valence-electron chi connectivity index (χ2n) is 6.78. The molecule has 0 heterocycles. The van der Waals surface area contributed by atoms with E-state index in [2.05, 4.69) is 5.32 Å². The zero-order valence-corrected chi connectivity index (χ0v) is 17.2. The standard InChI is InChI=1S/C23H16N4O6/c1-15-4-2-3-5-20(15)25-23(28)17(14-24)12-16-6-9-19(10-7-16)33-22-11-8-18(26(29)30)13-21(22)27(31)32/h2-13H,1H3,(H,25,28)/b17-12-. The third-order valence-corrected chi connectivity index (χ3v) is 4.53. The van der Waals surface area contributed by atoms with E-state index in [0.717, 1.165) is 23.8 Å². The summed E-state index contributed by atoms with van der Waals surface area (Å²) in [5.41, 5.74) is 0.882. The SMILES string of the molecule is Cc1ccccc1NC(=O)/C(C#N)=C\c1ccc(Oc2ccc([N+](=O)[O-])cc2[N+](=O)[O-])cc1. The number of nitrogens with one attached hydrogen (secondary N) is 1. The molecule has 1 N–H and O–H groups in total. The number of non-ortho nitro benzene ring substituents is 1. The molecule has 0 bridgehead atoms. The van der Waals surface area contributed by atoms with Crippen molar-refractivity contribution < 1.29 is 19.4 Å². The number of nitro groups is 2. The van der Waals surface area contributed by atoms with E-state index in [1.165, 1.54) is 18.2 Å². The van der Waals surface area contributed by atoms with Crippen molar-refractivity contribution >= 4 is 29.0 Å². The van der Waals surface area contributed by atoms with Gasteiger partial charge in [-0.25, -0.2) is 0 Å². The summed E-state index contributed by atoms with van der Waals surface area (Å²) < 4.78 is 5.50. The number of amides is 1. The highest BCUT2D eigenvalue weighted by Crippen LogP contribution is 2.34. The van der Waals surface area contributed by atoms with Crippen LogP contribution in [-0.2, 0) is 4.79 Å². The average Bonchev–Trinajstić information content (AvgIpc) is 2.80. The molecule has 0 aliphatic carbocycles. The molecule has 0 radical (unpaired) electrons. The lowest BCUT2D eigenvalue weighted by Gasteiger charge is -2.08. The van der Waals surface area contributed by atoms with E-state index >= 15 is 0 Å². The Morgan fingerprint density at radius 3 is 2.33 bits per heavy atom. The highest BCUT2D eigenvalue weighted by molar-refractivity contribution is 6.09. The number of benzene rings is 3. The van der Waals surface area contributed by atoms with Crippen LogP contribution in [0.3, 0.4) is 0 Å². The fraction of sp³-hybridized carbons (Fsp3) is 0.0435. The lowest BCUT2D eigenvalue weighted by Crippen LogP contribution is -2.14. The molecule has 3 aromatic carbocycles. The van der Waals surface area contributed by atoms with Gasteiger partial charge in [-0.3, -0.25) is 25.0 Å². The number of hydrogen-bond donors (Lipinski definition) is 1. The fourth-order valence-electron chi connectivity index (χ4n) is 2.83. The topological polar surface area (TPSA) is 148 Å². The number of carbonyl (C=O) groups is 1. The van der Waals surface area contributed by atoms with Crippen molar-refractivity contribution in [2.24, 2.45) is 0 Å². The molecule has 3 rings (SSSR count). The Labute approximate surface area is 187 Å². The molecular weight excluding hydrogens is 428 g/mol. The van der Waals surface area contributed by atoms with Gasteiger partial charge in [-0.05, 0) is 48.4 Å². The normalized spacial score (nSPS) is 10.7. The first kappa shape index (κ1) is 22.6. The minimum absolute atomic E-state index is 0.113. The summed E-state index contributed by atoms with van der Waals surface area (Å²) in [5, 5.41) is 34.2. The van der Waals surface area contributed by atoms with Gasteiger partial charge in [-0.1, -0.05) is 30.3 Å². The van der Waals surface area contributed by atoms with Gasteiger partial charge in [0.05, 0.1) is 15.9 Å². The molecular formula is C23H16N4O6. The number of nitriles is 1. The molecule has 0 saturated carbocycles. The molecule has 0 aliphatic heterocycles. The zero-order valence-electron chi connectivity index (χ0n) is 17.2. The van der Waals surface area contributed by atoms with E-state index in [0.29, 0.717) is 11.3 Å². The van der Waals surface area contributed by atoms with Crippen LogP contribution >= 0.6 is 0 Å². The molecule has 0 aliphatic rings. The maximum atomic E-state index is 12.4. The molecule has 0 saturated heterocycles. The third kappa shape index (κ3) is 5.56. The van der Waals surface area contributed by atoms with Gasteiger partial charge in [0.2, 0.25) is 5.75 Å². The third-order valence-electron chi connectivity index (χ3n) is 4.53. The number of anilines is 1. The smallest absolute Gasteiger partial charge is 0.318 e. The van der Waals surface area contributed by atoms with E-state index in [4.69, 9.17) is 4.74 Å². The summed E-state index contributed by atoms with van der Waals surface area (Å²) in [6.07, 6.45) is 1.39. The Morgan fingerprint density at radius 2 is 1.73 bits per heavy atom. The maximum absolute atomic E-state index is 12.4. The first-order valence-corrected chi connectivity index (χ1v) is 9.48. The Balaban J connectivity index is 1.78. The number of carbonyl (C=O) groups excluding carboxylic acids is 1. The Bertz CT molecular complexity index is 1310. The van der Waals surface area contributed by atoms with E-state index in [1.807, 2.05) is 25.1 Å². The molecule has 1 amide bonds. The first-order valence-electron chi connectivity index (χ1n) is 9.48. The summed E-state index contributed by atoms with van der Waals surface area (Å²) in [7, 11) is 0. The molecule has 10 heteroatoms. The highest BCUT2D eigenvalue weighted by atomic mass is 16.6. The van der Waals surface area contributed by atoms with Crippen molar-refractivity contribution in [1.29, 1.82) is 5.26 Å². The summed E-state index contributed by atoms with van der Waals surface area (Å²) in [4.78, 5) is 33.0. The average molecular weight is 444 g/mol. The van der Waals surface area contributed by atoms with Gasteiger partial charge >= 0.3 is 5.69 Å². The van der Waals surface area contributed by atoms with E-state index in [-0.39, 0.29) is 17.1 Å². The summed E-state index contributed by atoms with van der Waals surface area (Å²) in [5.74, 6) is -0.496. The monoisotopic (exact) mass is 444 g/mol. The predicted molar refractivity (Wildman–Crippen MR) is 120 cm³/mol. The second kappa shape index (κ2) is 9.84. The summed E-state index contributed by atoms with van der Waals surface area (Å²) in [6, 6.07) is 18.2. The van der Waals surface area contributed by atoms with Crippen molar-refractivity contribution in [1.82, 2.24) is 0 Å². The van der Waals surface area contributed by atoms with Crippen LogP contribution in [0.4, 0.5) is 17.1 Å². The van der Waals surface area contributed by atoms with Crippen LogP contribution < -0.4 is 10.1 Å². The maximum Gasteiger partial charge on any atom is 0.318 e. The largest absolute Gasteiger partial charge is 0.450 e. The molecule has 0 fully saturated rings. The molecule has 0 unspecified atom stereocenters. The number of aryl methyl sites for hydroxylation is 1. The highest BCUT2D eigenvalue weighted by Gasteiger charge is 2.21. The predicted octanol–water partition coefficient (Wildman–Crippen LogP) is 5.15. The van der Waals surface area contributed by atoms with Gasteiger partial charge in [0, 0.05) is 11.8 Å². The minimum Gasteiger partial charge on any atom is -0.450 e. The van der Waals surface area contributed by atoms with Crippen LogP contribution in [0.25, 0.3) is 6.08 Å². The Hall–Kier alpha value is -5.04. The molecule has 0 spiro atoms. The van der Waals surface area contributed by atoms with Crippen LogP contribution in [0.2, 0.25) is 0 Å². The van der Waals surface area contributed by atoms with Crippen LogP contribution in [-0.4, -0.2) is 15.8 Å². The minimum atomic E-state index is -0.772. The fourth-order valence-corrected chi connectivity index (χ4v) is 2.83. The first-order chi connectivity index (χ1) is 15.8. The number of nitrogens with zero attached hydrogens (tertiary/aromatic N) is 3. The number of para-hydroxylation sites is 1.